The van der Waals surface area contributed by atoms with Crippen LogP contribution in [-0.4, -0.2) is 20.4 Å². The van der Waals surface area contributed by atoms with E-state index in [4.69, 9.17) is 0 Å². The van der Waals surface area contributed by atoms with E-state index in [-0.39, 0.29) is 11.3 Å². The van der Waals surface area contributed by atoms with Gasteiger partial charge in [-0.25, -0.2) is 0 Å². The highest BCUT2D eigenvalue weighted by molar-refractivity contribution is 9.10. The van der Waals surface area contributed by atoms with Crippen LogP contribution in [-0.2, 0) is 11.2 Å². The molecule has 1 heterocycles. The van der Waals surface area contributed by atoms with Crippen LogP contribution in [0, 0.1) is 23.2 Å². The van der Waals surface area contributed by atoms with Gasteiger partial charge in [0.1, 0.15) is 5.01 Å². The van der Waals surface area contributed by atoms with Gasteiger partial charge in [0.05, 0.1) is 0 Å². The lowest BCUT2D eigenvalue weighted by Crippen LogP contribution is -2.53. The molecule has 1 amide bonds. The Kier molecular flexibility index (Phi) is 4.27. The molecule has 4 saturated carbocycles. The monoisotopic (exact) mass is 411 g/mol. The number of hydrogen-bond acceptors (Lipinski definition) is 4. The third-order valence-corrected chi connectivity index (χ3v) is 7.73. The first-order valence-corrected chi connectivity index (χ1v) is 10.8. The molecule has 0 aromatic carbocycles. The van der Waals surface area contributed by atoms with Gasteiger partial charge in [0.25, 0.3) is 0 Å². The molecule has 0 saturated heterocycles. The Labute approximate surface area is 156 Å². The highest BCUT2D eigenvalue weighted by Gasteiger charge is 2.57. The largest absolute Gasteiger partial charge is 0.301 e. The zero-order valence-electron chi connectivity index (χ0n) is 14.5. The van der Waals surface area contributed by atoms with Crippen LogP contribution in [0.1, 0.15) is 63.8 Å². The van der Waals surface area contributed by atoms with E-state index in [0.29, 0.717) is 21.8 Å². The van der Waals surface area contributed by atoms with E-state index in [1.807, 2.05) is 0 Å². The second-order valence-corrected chi connectivity index (χ2v) is 11.7. The number of hydrogen-bond donors (Lipinski definition) is 1. The predicted molar refractivity (Wildman–Crippen MR) is 100 cm³/mol. The van der Waals surface area contributed by atoms with Crippen molar-refractivity contribution in [2.75, 3.05) is 5.32 Å². The summed E-state index contributed by atoms with van der Waals surface area (Å²) in [6.07, 6.45) is 9.20. The molecule has 24 heavy (non-hydrogen) atoms. The molecule has 0 aliphatic heterocycles. The fraction of sp³-hybridized carbons (Fsp3) is 0.833. The average Bonchev–Trinajstić information content (AvgIpc) is 2.80. The van der Waals surface area contributed by atoms with Crippen LogP contribution in [0.25, 0.3) is 0 Å². The van der Waals surface area contributed by atoms with Crippen LogP contribution in [0.3, 0.4) is 0 Å². The molecular formula is C18H26BrN3OS. The van der Waals surface area contributed by atoms with Crippen LogP contribution in [0.5, 0.6) is 0 Å². The van der Waals surface area contributed by atoms with Crippen molar-refractivity contribution < 1.29 is 4.79 Å². The van der Waals surface area contributed by atoms with Crippen LogP contribution >= 0.6 is 27.3 Å². The van der Waals surface area contributed by atoms with Crippen LogP contribution < -0.4 is 5.32 Å². The Morgan fingerprint density at radius 2 is 2.00 bits per heavy atom. The summed E-state index contributed by atoms with van der Waals surface area (Å²) in [5.74, 6) is 2.32. The smallest absolute Gasteiger partial charge is 0.226 e. The maximum atomic E-state index is 12.6. The Hall–Kier alpha value is -0.490. The van der Waals surface area contributed by atoms with Crippen molar-refractivity contribution in [3.63, 3.8) is 0 Å². The van der Waals surface area contributed by atoms with E-state index in [1.165, 1.54) is 43.4 Å². The number of alkyl halides is 1. The first kappa shape index (κ1) is 17.0. The van der Waals surface area contributed by atoms with Crippen molar-refractivity contribution in [3.05, 3.63) is 5.01 Å². The summed E-state index contributed by atoms with van der Waals surface area (Å²) in [4.78, 5) is 12.6. The van der Waals surface area contributed by atoms with Crippen LogP contribution in [0.2, 0.25) is 0 Å². The number of halogens is 1. The Bertz CT molecular complexity index is 630. The van der Waals surface area contributed by atoms with Crippen molar-refractivity contribution in [1.82, 2.24) is 10.2 Å². The zero-order chi connectivity index (χ0) is 16.9. The first-order valence-electron chi connectivity index (χ1n) is 9.14. The molecule has 1 N–H and O–H groups in total. The van der Waals surface area contributed by atoms with Crippen molar-refractivity contribution in [1.29, 1.82) is 0 Å². The second-order valence-electron chi connectivity index (χ2n) is 8.94. The summed E-state index contributed by atoms with van der Waals surface area (Å²) in [7, 11) is 0. The van der Waals surface area contributed by atoms with E-state index in [1.54, 1.807) is 0 Å². The Balaban J connectivity index is 1.40. The number of amides is 1. The van der Waals surface area contributed by atoms with Crippen LogP contribution in [0.4, 0.5) is 5.13 Å². The van der Waals surface area contributed by atoms with Gasteiger partial charge < -0.3 is 5.32 Å². The van der Waals surface area contributed by atoms with E-state index in [0.717, 1.165) is 29.7 Å². The lowest BCUT2D eigenvalue weighted by molar-refractivity contribution is -0.123. The molecule has 4 aliphatic carbocycles. The van der Waals surface area contributed by atoms with Crippen molar-refractivity contribution in [2.24, 2.45) is 23.2 Å². The Morgan fingerprint density at radius 3 is 2.62 bits per heavy atom. The summed E-state index contributed by atoms with van der Waals surface area (Å²) >= 11 is 5.54. The minimum absolute atomic E-state index is 0.125. The van der Waals surface area contributed by atoms with Gasteiger partial charge in [-0.2, -0.15) is 0 Å². The molecule has 0 radical (unpaired) electrons. The quantitative estimate of drug-likeness (QED) is 0.707. The molecule has 4 fully saturated rings. The molecular weight excluding hydrogens is 386 g/mol. The normalized spacial score (nSPS) is 37.2. The van der Waals surface area contributed by atoms with Crippen molar-refractivity contribution >= 4 is 38.3 Å². The van der Waals surface area contributed by atoms with Gasteiger partial charge in [-0.1, -0.05) is 41.1 Å². The maximum Gasteiger partial charge on any atom is 0.226 e. The molecule has 6 heteroatoms. The molecule has 0 spiro atoms. The first-order chi connectivity index (χ1) is 11.3. The van der Waals surface area contributed by atoms with Crippen molar-refractivity contribution in [3.8, 4) is 0 Å². The lowest BCUT2D eigenvalue weighted by atomic mass is 9.48. The molecule has 1 aromatic heterocycles. The minimum atomic E-state index is 0.125. The van der Waals surface area contributed by atoms with Gasteiger partial charge in [0, 0.05) is 17.2 Å². The minimum Gasteiger partial charge on any atom is -0.301 e. The number of nitrogens with one attached hydrogen (secondary N) is 1. The van der Waals surface area contributed by atoms with E-state index >= 15 is 0 Å². The van der Waals surface area contributed by atoms with Crippen LogP contribution in [0.15, 0.2) is 0 Å². The summed E-state index contributed by atoms with van der Waals surface area (Å²) in [6.45, 7) is 4.34. The summed E-state index contributed by atoms with van der Waals surface area (Å²) in [5, 5.41) is 13.0. The number of rotatable bonds is 5. The molecule has 1 aromatic rings. The van der Waals surface area contributed by atoms with Gasteiger partial charge >= 0.3 is 0 Å². The highest BCUT2D eigenvalue weighted by atomic mass is 79.9. The van der Waals surface area contributed by atoms with E-state index < -0.39 is 0 Å². The SMILES string of the molecule is CC(C)Cc1nnc(NC(=O)CC23CC4CC(CC(Br)(C4)C2)C3)s1. The standard InChI is InChI=1S/C18H26BrN3OS/c1-11(2)3-15-21-22-16(24-15)20-14(23)9-17-5-12-4-13(6-17)8-18(19,7-12)10-17/h11-13H,3-10H2,1-2H3,(H,20,22,23). The fourth-order valence-electron chi connectivity index (χ4n) is 5.78. The molecule has 2 unspecified atom stereocenters. The molecule has 4 nitrogen and oxygen atoms in total. The third kappa shape index (κ3) is 3.41. The van der Waals surface area contributed by atoms with Gasteiger partial charge in [-0.3, -0.25) is 4.79 Å². The van der Waals surface area contributed by atoms with Crippen molar-refractivity contribution in [2.45, 2.75) is 69.5 Å². The number of carbonyl (C=O) groups is 1. The summed E-state index contributed by atoms with van der Waals surface area (Å²) in [5.41, 5.74) is 0.211. The summed E-state index contributed by atoms with van der Waals surface area (Å²) in [6, 6.07) is 0. The predicted octanol–water partition coefficient (Wildman–Crippen LogP) is 4.80. The highest BCUT2D eigenvalue weighted by Crippen LogP contribution is 2.65. The third-order valence-electron chi connectivity index (χ3n) is 5.94. The molecule has 5 rings (SSSR count). The van der Waals surface area contributed by atoms with E-state index in [9.17, 15) is 4.79 Å². The Morgan fingerprint density at radius 1 is 1.29 bits per heavy atom. The molecule has 4 aliphatic rings. The molecule has 4 bridgehead atoms. The zero-order valence-corrected chi connectivity index (χ0v) is 16.9. The maximum absolute atomic E-state index is 12.6. The van der Waals surface area contributed by atoms with Gasteiger partial charge in [0.2, 0.25) is 11.0 Å². The van der Waals surface area contributed by atoms with E-state index in [2.05, 4.69) is 45.3 Å². The fourth-order valence-corrected chi connectivity index (χ4v) is 8.26. The van der Waals surface area contributed by atoms with Gasteiger partial charge in [-0.15, -0.1) is 10.2 Å². The number of nitrogens with zero attached hydrogens (tertiary/aromatic N) is 2. The molecule has 2 atom stereocenters. The van der Waals surface area contributed by atoms with Gasteiger partial charge in [-0.05, 0) is 61.7 Å². The second kappa shape index (κ2) is 6.04. The topological polar surface area (TPSA) is 54.9 Å². The number of aromatic nitrogens is 2. The number of carbonyl (C=O) groups excluding carboxylic acids is 1. The summed E-state index contributed by atoms with van der Waals surface area (Å²) < 4.78 is 0.310. The lowest BCUT2D eigenvalue weighted by Gasteiger charge is -2.60. The van der Waals surface area contributed by atoms with Gasteiger partial charge in [0.15, 0.2) is 0 Å². The average molecular weight is 412 g/mol. The number of anilines is 1. The molecule has 132 valence electrons.